The van der Waals surface area contributed by atoms with Gasteiger partial charge in [-0.2, -0.15) is 4.98 Å². The number of carbonyl (C=O) groups is 1. The van der Waals surface area contributed by atoms with Crippen LogP contribution >= 0.6 is 0 Å². The number of pyridine rings is 1. The first-order chi connectivity index (χ1) is 14.3. The average molecular weight is 386 g/mol. The topological polar surface area (TPSA) is 90.1 Å². The Morgan fingerprint density at radius 1 is 1.10 bits per heavy atom. The molecule has 1 fully saturated rings. The van der Waals surface area contributed by atoms with Crippen LogP contribution in [0.3, 0.4) is 0 Å². The highest BCUT2D eigenvalue weighted by atomic mass is 16.5. The fourth-order valence-corrected chi connectivity index (χ4v) is 3.47. The molecule has 7 nitrogen and oxygen atoms in total. The smallest absolute Gasteiger partial charge is 0.258 e. The lowest BCUT2D eigenvalue weighted by Gasteiger charge is -2.10. The van der Waals surface area contributed by atoms with Crippen LogP contribution in [-0.2, 0) is 9.53 Å². The summed E-state index contributed by atoms with van der Waals surface area (Å²) in [5, 5.41) is 9.02. The third kappa shape index (κ3) is 3.48. The van der Waals surface area contributed by atoms with E-state index in [-0.39, 0.29) is 12.0 Å². The van der Waals surface area contributed by atoms with Gasteiger partial charge in [-0.3, -0.25) is 9.78 Å². The summed E-state index contributed by atoms with van der Waals surface area (Å²) in [5.41, 5.74) is 2.04. The van der Waals surface area contributed by atoms with E-state index in [2.05, 4.69) is 20.4 Å². The van der Waals surface area contributed by atoms with Crippen molar-refractivity contribution in [3.05, 3.63) is 60.8 Å². The largest absolute Gasteiger partial charge is 0.368 e. The summed E-state index contributed by atoms with van der Waals surface area (Å²) in [6.45, 7) is 0.630. The molecule has 1 atom stereocenters. The molecule has 1 aliphatic rings. The molecule has 0 saturated carbocycles. The van der Waals surface area contributed by atoms with Crippen molar-refractivity contribution in [1.29, 1.82) is 0 Å². The Bertz CT molecular complexity index is 1180. The van der Waals surface area contributed by atoms with Gasteiger partial charge in [0.25, 0.3) is 11.8 Å². The number of carbonyl (C=O) groups excluding carboxylic acids is 1. The maximum absolute atomic E-state index is 12.3. The van der Waals surface area contributed by atoms with Crippen LogP contribution in [0.2, 0.25) is 0 Å². The quantitative estimate of drug-likeness (QED) is 0.569. The zero-order valence-electron chi connectivity index (χ0n) is 15.5. The predicted molar refractivity (Wildman–Crippen MR) is 108 cm³/mol. The number of ether oxygens (including phenoxy) is 1. The third-order valence-electron chi connectivity index (χ3n) is 4.91. The van der Waals surface area contributed by atoms with E-state index < -0.39 is 0 Å². The molecule has 1 aliphatic heterocycles. The van der Waals surface area contributed by atoms with E-state index in [9.17, 15) is 4.79 Å². The lowest BCUT2D eigenvalue weighted by Crippen LogP contribution is -2.26. The summed E-state index contributed by atoms with van der Waals surface area (Å²) in [6, 6.07) is 17.2. The van der Waals surface area contributed by atoms with Gasteiger partial charge in [0.1, 0.15) is 11.8 Å². The van der Waals surface area contributed by atoms with Gasteiger partial charge in [0.15, 0.2) is 0 Å². The Balaban J connectivity index is 1.42. The molecule has 29 heavy (non-hydrogen) atoms. The maximum atomic E-state index is 12.3. The first-order valence-electron chi connectivity index (χ1n) is 9.49. The molecule has 4 aromatic rings. The van der Waals surface area contributed by atoms with Gasteiger partial charge in [0, 0.05) is 29.4 Å². The van der Waals surface area contributed by atoms with Crippen molar-refractivity contribution in [3.63, 3.8) is 0 Å². The van der Waals surface area contributed by atoms with E-state index in [0.29, 0.717) is 35.3 Å². The Morgan fingerprint density at radius 2 is 2.03 bits per heavy atom. The number of hydrogen-bond acceptors (Lipinski definition) is 6. The molecule has 2 aromatic heterocycles. The molecule has 1 unspecified atom stereocenters. The molecule has 5 rings (SSSR count). The monoisotopic (exact) mass is 386 g/mol. The van der Waals surface area contributed by atoms with Crippen molar-refractivity contribution < 1.29 is 14.1 Å². The number of amides is 1. The average Bonchev–Trinajstić information content (AvgIpc) is 3.46. The van der Waals surface area contributed by atoms with Crippen LogP contribution in [0.5, 0.6) is 0 Å². The Hall–Kier alpha value is -3.58. The van der Waals surface area contributed by atoms with Gasteiger partial charge in [0.2, 0.25) is 5.82 Å². The Kier molecular flexibility index (Phi) is 4.50. The third-order valence-corrected chi connectivity index (χ3v) is 4.91. The Morgan fingerprint density at radius 3 is 2.93 bits per heavy atom. The highest BCUT2D eigenvalue weighted by molar-refractivity contribution is 5.95. The molecule has 7 heteroatoms. The van der Waals surface area contributed by atoms with Crippen LogP contribution in [-0.4, -0.2) is 33.7 Å². The second kappa shape index (κ2) is 7.44. The highest BCUT2D eigenvalue weighted by Crippen LogP contribution is 2.28. The number of benzene rings is 2. The van der Waals surface area contributed by atoms with Crippen molar-refractivity contribution in [2.75, 3.05) is 11.9 Å². The van der Waals surface area contributed by atoms with Gasteiger partial charge >= 0.3 is 0 Å². The van der Waals surface area contributed by atoms with E-state index in [0.717, 1.165) is 23.6 Å². The van der Waals surface area contributed by atoms with Gasteiger partial charge in [-0.15, -0.1) is 0 Å². The first kappa shape index (κ1) is 17.5. The molecule has 3 heterocycles. The summed E-state index contributed by atoms with van der Waals surface area (Å²) in [5.74, 6) is 0.652. The fraction of sp³-hybridized carbons (Fsp3) is 0.182. The van der Waals surface area contributed by atoms with Crippen LogP contribution in [0.1, 0.15) is 12.8 Å². The molecule has 0 aliphatic carbocycles. The van der Waals surface area contributed by atoms with Crippen LogP contribution < -0.4 is 5.32 Å². The first-order valence-corrected chi connectivity index (χ1v) is 9.49. The second-order valence-corrected chi connectivity index (χ2v) is 6.88. The van der Waals surface area contributed by atoms with Crippen LogP contribution in [0, 0.1) is 0 Å². The zero-order valence-corrected chi connectivity index (χ0v) is 15.5. The second-order valence-electron chi connectivity index (χ2n) is 6.88. The minimum atomic E-state index is -0.383. The van der Waals surface area contributed by atoms with Gasteiger partial charge in [-0.05, 0) is 42.5 Å². The summed E-state index contributed by atoms with van der Waals surface area (Å²) in [6.07, 6.45) is 3.00. The molecular weight excluding hydrogens is 368 g/mol. The SMILES string of the molecule is O=C(Nc1cccc(-c2nc(-c3nccc4ccccc34)no2)c1)C1CCCO1. The van der Waals surface area contributed by atoms with E-state index in [1.54, 1.807) is 12.3 Å². The number of hydrogen-bond donors (Lipinski definition) is 1. The molecule has 0 bridgehead atoms. The highest BCUT2D eigenvalue weighted by Gasteiger charge is 2.23. The molecule has 1 saturated heterocycles. The van der Waals surface area contributed by atoms with Gasteiger partial charge in [0.05, 0.1) is 0 Å². The maximum Gasteiger partial charge on any atom is 0.258 e. The molecule has 1 amide bonds. The minimum absolute atomic E-state index is 0.133. The van der Waals surface area contributed by atoms with E-state index in [1.165, 1.54) is 0 Å². The van der Waals surface area contributed by atoms with Crippen molar-refractivity contribution in [3.8, 4) is 23.0 Å². The van der Waals surface area contributed by atoms with Gasteiger partial charge < -0.3 is 14.6 Å². The van der Waals surface area contributed by atoms with E-state index >= 15 is 0 Å². The summed E-state index contributed by atoms with van der Waals surface area (Å²) in [4.78, 5) is 21.2. The lowest BCUT2D eigenvalue weighted by atomic mass is 10.1. The van der Waals surface area contributed by atoms with Crippen LogP contribution in [0.25, 0.3) is 33.7 Å². The summed E-state index contributed by atoms with van der Waals surface area (Å²) >= 11 is 0. The van der Waals surface area contributed by atoms with Crippen molar-refractivity contribution in [2.45, 2.75) is 18.9 Å². The number of aromatic nitrogens is 3. The molecule has 2 aromatic carbocycles. The van der Waals surface area contributed by atoms with Gasteiger partial charge in [-0.1, -0.05) is 35.5 Å². The Labute approximate surface area is 166 Å². The summed E-state index contributed by atoms with van der Waals surface area (Å²) < 4.78 is 10.9. The van der Waals surface area contributed by atoms with Gasteiger partial charge in [-0.25, -0.2) is 0 Å². The van der Waals surface area contributed by atoms with Crippen molar-refractivity contribution in [2.24, 2.45) is 0 Å². The normalized spacial score (nSPS) is 16.2. The van der Waals surface area contributed by atoms with Crippen molar-refractivity contribution in [1.82, 2.24) is 15.1 Å². The lowest BCUT2D eigenvalue weighted by molar-refractivity contribution is -0.124. The number of nitrogens with one attached hydrogen (secondary N) is 1. The van der Waals surface area contributed by atoms with Crippen LogP contribution in [0.4, 0.5) is 5.69 Å². The van der Waals surface area contributed by atoms with Crippen LogP contribution in [0.15, 0.2) is 65.3 Å². The number of rotatable bonds is 4. The zero-order chi connectivity index (χ0) is 19.6. The number of anilines is 1. The minimum Gasteiger partial charge on any atom is -0.368 e. The number of nitrogens with zero attached hydrogens (tertiary/aromatic N) is 3. The molecule has 1 N–H and O–H groups in total. The molecular formula is C22H18N4O3. The standard InChI is InChI=1S/C22H18N4O3/c27-21(18-9-4-12-28-18)24-16-7-3-6-15(13-16)22-25-20(26-29-22)19-17-8-2-1-5-14(17)10-11-23-19/h1-3,5-8,10-11,13,18H,4,9,12H2,(H,24,27). The molecule has 144 valence electrons. The number of fused-ring (bicyclic) bond motifs is 1. The predicted octanol–water partition coefficient (Wildman–Crippen LogP) is 4.07. The molecule has 0 radical (unpaired) electrons. The fourth-order valence-electron chi connectivity index (χ4n) is 3.47. The molecule has 0 spiro atoms. The van der Waals surface area contributed by atoms with E-state index in [4.69, 9.17) is 9.26 Å². The van der Waals surface area contributed by atoms with Crippen molar-refractivity contribution >= 4 is 22.4 Å². The summed E-state index contributed by atoms with van der Waals surface area (Å²) in [7, 11) is 0. The van der Waals surface area contributed by atoms with E-state index in [1.807, 2.05) is 48.5 Å².